The van der Waals surface area contributed by atoms with Crippen molar-refractivity contribution in [2.24, 2.45) is 0 Å². The molecule has 0 spiro atoms. The van der Waals surface area contributed by atoms with Crippen LogP contribution in [0.5, 0.6) is 0 Å². The zero-order chi connectivity index (χ0) is 12.4. The number of nitrogens with zero attached hydrogens (tertiary/aromatic N) is 4. The molecule has 5 heteroatoms. The number of hydrogen-bond donors (Lipinski definition) is 1. The van der Waals surface area contributed by atoms with Gasteiger partial charge in [0.05, 0.1) is 0 Å². The molecule has 0 bridgehead atoms. The Morgan fingerprint density at radius 1 is 1.39 bits per heavy atom. The Balaban J connectivity index is 1.72. The number of piperazine rings is 1. The zero-order valence-corrected chi connectivity index (χ0v) is 11.0. The van der Waals surface area contributed by atoms with Crippen LogP contribution in [0.2, 0.25) is 0 Å². The van der Waals surface area contributed by atoms with Gasteiger partial charge in [-0.25, -0.2) is 4.98 Å². The van der Waals surface area contributed by atoms with Gasteiger partial charge in [0.2, 0.25) is 5.95 Å². The molecule has 0 aliphatic carbocycles. The van der Waals surface area contributed by atoms with E-state index in [1.807, 2.05) is 12.3 Å². The van der Waals surface area contributed by atoms with Gasteiger partial charge in [0.1, 0.15) is 5.82 Å². The van der Waals surface area contributed by atoms with Crippen LogP contribution in [0.1, 0.15) is 19.8 Å². The molecule has 1 atom stereocenters. The molecule has 0 amide bonds. The first-order valence-corrected chi connectivity index (χ1v) is 6.92. The molecular weight excluding hydrogens is 226 g/mol. The molecule has 3 rings (SSSR count). The van der Waals surface area contributed by atoms with E-state index >= 15 is 0 Å². The van der Waals surface area contributed by atoms with E-state index in [2.05, 4.69) is 32.0 Å². The van der Waals surface area contributed by atoms with Gasteiger partial charge < -0.3 is 10.2 Å². The Hall–Kier alpha value is -1.36. The zero-order valence-electron chi connectivity index (χ0n) is 11.0. The Kier molecular flexibility index (Phi) is 3.32. The van der Waals surface area contributed by atoms with Crippen LogP contribution in [-0.2, 0) is 0 Å². The third-order valence-electron chi connectivity index (χ3n) is 3.87. The Labute approximate surface area is 108 Å². The molecule has 2 saturated heterocycles. The minimum Gasteiger partial charge on any atom is -0.370 e. The Bertz CT molecular complexity index is 408. The summed E-state index contributed by atoms with van der Waals surface area (Å²) in [5.74, 6) is 1.80. The molecule has 2 fully saturated rings. The van der Waals surface area contributed by atoms with Crippen LogP contribution in [0.15, 0.2) is 12.3 Å². The van der Waals surface area contributed by atoms with Gasteiger partial charge >= 0.3 is 0 Å². The highest BCUT2D eigenvalue weighted by Crippen LogP contribution is 2.23. The molecular formula is C13H21N5. The number of rotatable bonds is 3. The Morgan fingerprint density at radius 2 is 2.33 bits per heavy atom. The molecule has 3 heterocycles. The van der Waals surface area contributed by atoms with E-state index in [1.165, 1.54) is 19.4 Å². The maximum Gasteiger partial charge on any atom is 0.227 e. The van der Waals surface area contributed by atoms with Gasteiger partial charge in [0.15, 0.2) is 0 Å². The second-order valence-corrected chi connectivity index (χ2v) is 5.05. The van der Waals surface area contributed by atoms with Crippen LogP contribution in [-0.4, -0.2) is 53.6 Å². The molecule has 0 aromatic carbocycles. The van der Waals surface area contributed by atoms with Crippen LogP contribution in [0.4, 0.5) is 11.8 Å². The molecule has 2 aliphatic heterocycles. The standard InChI is InChI=1S/C13H21N5/c1-2-14-12-5-6-15-13(16-12)18-9-8-17-7-3-4-11(17)10-18/h5-6,11H,2-4,7-10H2,1H3,(H,14,15,16)/t11-/m1/s1. The average molecular weight is 247 g/mol. The van der Waals surface area contributed by atoms with Gasteiger partial charge in [-0.15, -0.1) is 0 Å². The SMILES string of the molecule is CCNc1ccnc(N2CCN3CCC[C@@H]3C2)n1. The third-order valence-corrected chi connectivity index (χ3v) is 3.87. The second kappa shape index (κ2) is 5.10. The fourth-order valence-electron chi connectivity index (χ4n) is 2.95. The first-order chi connectivity index (χ1) is 8.86. The van der Waals surface area contributed by atoms with Crippen molar-refractivity contribution in [1.82, 2.24) is 14.9 Å². The second-order valence-electron chi connectivity index (χ2n) is 5.05. The lowest BCUT2D eigenvalue weighted by atomic mass is 10.2. The van der Waals surface area contributed by atoms with Crippen molar-refractivity contribution >= 4 is 11.8 Å². The molecule has 18 heavy (non-hydrogen) atoms. The summed E-state index contributed by atoms with van der Waals surface area (Å²) in [5, 5.41) is 3.25. The number of hydrogen-bond acceptors (Lipinski definition) is 5. The van der Waals surface area contributed by atoms with Crippen molar-refractivity contribution < 1.29 is 0 Å². The van der Waals surface area contributed by atoms with E-state index in [1.54, 1.807) is 0 Å². The fraction of sp³-hybridized carbons (Fsp3) is 0.692. The van der Waals surface area contributed by atoms with Gasteiger partial charge in [0, 0.05) is 38.4 Å². The lowest BCUT2D eigenvalue weighted by molar-refractivity contribution is 0.229. The molecule has 2 aliphatic rings. The van der Waals surface area contributed by atoms with E-state index < -0.39 is 0 Å². The van der Waals surface area contributed by atoms with Crippen LogP contribution >= 0.6 is 0 Å². The lowest BCUT2D eigenvalue weighted by Crippen LogP contribution is -2.50. The van der Waals surface area contributed by atoms with E-state index in [4.69, 9.17) is 0 Å². The van der Waals surface area contributed by atoms with Gasteiger partial charge in [-0.2, -0.15) is 4.98 Å². The van der Waals surface area contributed by atoms with Crippen LogP contribution in [0, 0.1) is 0 Å². The molecule has 98 valence electrons. The molecule has 0 saturated carbocycles. The van der Waals surface area contributed by atoms with E-state index in [-0.39, 0.29) is 0 Å². The Morgan fingerprint density at radius 3 is 3.22 bits per heavy atom. The fourth-order valence-corrected chi connectivity index (χ4v) is 2.95. The summed E-state index contributed by atoms with van der Waals surface area (Å²) in [7, 11) is 0. The van der Waals surface area contributed by atoms with Gasteiger partial charge in [-0.3, -0.25) is 4.90 Å². The average Bonchev–Trinajstić information content (AvgIpc) is 2.86. The summed E-state index contributed by atoms with van der Waals surface area (Å²) < 4.78 is 0. The van der Waals surface area contributed by atoms with Crippen molar-refractivity contribution in [3.63, 3.8) is 0 Å². The lowest BCUT2D eigenvalue weighted by Gasteiger charge is -2.37. The maximum absolute atomic E-state index is 4.59. The number of fused-ring (bicyclic) bond motifs is 1. The van der Waals surface area contributed by atoms with Crippen molar-refractivity contribution in [1.29, 1.82) is 0 Å². The first-order valence-electron chi connectivity index (χ1n) is 6.92. The molecule has 0 radical (unpaired) electrons. The minimum atomic E-state index is 0.713. The summed E-state index contributed by atoms with van der Waals surface area (Å²) >= 11 is 0. The summed E-state index contributed by atoms with van der Waals surface area (Å²) in [6, 6.07) is 2.64. The minimum absolute atomic E-state index is 0.713. The van der Waals surface area contributed by atoms with Gasteiger partial charge in [-0.1, -0.05) is 0 Å². The number of anilines is 2. The summed E-state index contributed by atoms with van der Waals surface area (Å²) in [6.45, 7) is 7.53. The maximum atomic E-state index is 4.59. The van der Waals surface area contributed by atoms with Crippen molar-refractivity contribution in [2.75, 3.05) is 42.9 Å². The highest BCUT2D eigenvalue weighted by atomic mass is 15.3. The van der Waals surface area contributed by atoms with E-state index in [0.29, 0.717) is 6.04 Å². The topological polar surface area (TPSA) is 44.3 Å². The van der Waals surface area contributed by atoms with Crippen molar-refractivity contribution in [3.8, 4) is 0 Å². The third kappa shape index (κ3) is 2.27. The van der Waals surface area contributed by atoms with Crippen LogP contribution in [0.25, 0.3) is 0 Å². The van der Waals surface area contributed by atoms with Crippen molar-refractivity contribution in [3.05, 3.63) is 12.3 Å². The molecule has 1 N–H and O–H groups in total. The summed E-state index contributed by atoms with van der Waals surface area (Å²) in [6.07, 6.45) is 4.52. The van der Waals surface area contributed by atoms with E-state index in [9.17, 15) is 0 Å². The number of aromatic nitrogens is 2. The van der Waals surface area contributed by atoms with Gasteiger partial charge in [0.25, 0.3) is 0 Å². The monoisotopic (exact) mass is 247 g/mol. The molecule has 0 unspecified atom stereocenters. The highest BCUT2D eigenvalue weighted by molar-refractivity contribution is 5.41. The molecule has 1 aromatic rings. The molecule has 5 nitrogen and oxygen atoms in total. The molecule has 1 aromatic heterocycles. The highest BCUT2D eigenvalue weighted by Gasteiger charge is 2.31. The van der Waals surface area contributed by atoms with Crippen LogP contribution < -0.4 is 10.2 Å². The summed E-state index contributed by atoms with van der Waals surface area (Å²) in [5.41, 5.74) is 0. The van der Waals surface area contributed by atoms with Crippen molar-refractivity contribution in [2.45, 2.75) is 25.8 Å². The number of nitrogens with one attached hydrogen (secondary N) is 1. The predicted octanol–water partition coefficient (Wildman–Crippen LogP) is 1.19. The van der Waals surface area contributed by atoms with Gasteiger partial charge in [-0.05, 0) is 32.4 Å². The smallest absolute Gasteiger partial charge is 0.227 e. The normalized spacial score (nSPS) is 24.1. The predicted molar refractivity (Wildman–Crippen MR) is 73.0 cm³/mol. The quantitative estimate of drug-likeness (QED) is 0.869. The van der Waals surface area contributed by atoms with E-state index in [0.717, 1.165) is 37.9 Å². The summed E-state index contributed by atoms with van der Waals surface area (Å²) in [4.78, 5) is 13.9. The van der Waals surface area contributed by atoms with Crippen LogP contribution in [0.3, 0.4) is 0 Å². The largest absolute Gasteiger partial charge is 0.370 e. The first kappa shape index (κ1) is 11.7.